The van der Waals surface area contributed by atoms with Crippen LogP contribution in [0, 0.1) is 34.8 Å². The highest BCUT2D eigenvalue weighted by Crippen LogP contribution is 2.60. The number of aryl methyl sites for hydroxylation is 1. The number of benzene rings is 1. The van der Waals surface area contributed by atoms with Crippen molar-refractivity contribution in [2.75, 3.05) is 18.2 Å². The van der Waals surface area contributed by atoms with Crippen LogP contribution in [0.1, 0.15) is 44.1 Å². The Morgan fingerprint density at radius 1 is 1.26 bits per heavy atom. The molecule has 0 heterocycles. The molecule has 6 nitrogen and oxygen atoms in total. The fourth-order valence-corrected chi connectivity index (χ4v) is 7.30. The third kappa shape index (κ3) is 3.66. The number of rotatable bonds is 6. The first-order valence-corrected chi connectivity index (χ1v) is 10.6. The second kappa shape index (κ2) is 7.00. The van der Waals surface area contributed by atoms with Gasteiger partial charge in [-0.3, -0.25) is 14.9 Å². The molecule has 0 unspecified atom stereocenters. The van der Waals surface area contributed by atoms with Gasteiger partial charge < -0.3 is 10.1 Å². The summed E-state index contributed by atoms with van der Waals surface area (Å²) in [5, 5.41) is 14.0. The molecule has 146 valence electrons. The number of nitro benzene ring substituents is 1. The molecule has 1 N–H and O–H groups in total. The van der Waals surface area contributed by atoms with E-state index in [9.17, 15) is 14.9 Å². The molecule has 0 spiro atoms. The van der Waals surface area contributed by atoms with Gasteiger partial charge in [-0.05, 0) is 68.8 Å². The highest BCUT2D eigenvalue weighted by Gasteiger charge is 2.51. The predicted molar refractivity (Wildman–Crippen MR) is 106 cm³/mol. The van der Waals surface area contributed by atoms with Gasteiger partial charge in [-0.15, -0.1) is 11.8 Å². The van der Waals surface area contributed by atoms with Gasteiger partial charge in [0.1, 0.15) is 0 Å². The van der Waals surface area contributed by atoms with E-state index in [1.165, 1.54) is 51.7 Å². The van der Waals surface area contributed by atoms with Crippen LogP contribution in [0.3, 0.4) is 0 Å². The highest BCUT2D eigenvalue weighted by atomic mass is 32.2. The number of nitrogens with one attached hydrogen (secondary N) is 1. The van der Waals surface area contributed by atoms with Gasteiger partial charge in [0, 0.05) is 22.6 Å². The minimum Gasteiger partial charge on any atom is -0.490 e. The van der Waals surface area contributed by atoms with Gasteiger partial charge in [0.2, 0.25) is 5.91 Å². The zero-order chi connectivity index (χ0) is 19.2. The highest BCUT2D eigenvalue weighted by molar-refractivity contribution is 8.01. The number of methoxy groups -OCH3 is 1. The van der Waals surface area contributed by atoms with E-state index in [1.54, 1.807) is 13.0 Å². The summed E-state index contributed by atoms with van der Waals surface area (Å²) in [4.78, 5) is 23.2. The van der Waals surface area contributed by atoms with Gasteiger partial charge >= 0.3 is 5.69 Å². The Morgan fingerprint density at radius 2 is 1.85 bits per heavy atom. The largest absolute Gasteiger partial charge is 0.490 e. The molecule has 4 aliphatic carbocycles. The van der Waals surface area contributed by atoms with Crippen molar-refractivity contribution in [3.63, 3.8) is 0 Å². The number of amides is 1. The first kappa shape index (κ1) is 18.6. The van der Waals surface area contributed by atoms with E-state index >= 15 is 0 Å². The Bertz CT molecular complexity index is 744. The Morgan fingerprint density at radius 3 is 2.37 bits per heavy atom. The molecule has 0 saturated heterocycles. The average Bonchev–Trinajstić information content (AvgIpc) is 2.60. The van der Waals surface area contributed by atoms with Crippen molar-refractivity contribution in [2.45, 2.75) is 50.2 Å². The summed E-state index contributed by atoms with van der Waals surface area (Å²) in [5.74, 6) is 3.16. The predicted octanol–water partition coefficient (Wildman–Crippen LogP) is 4.55. The monoisotopic (exact) mass is 390 g/mol. The smallest absolute Gasteiger partial charge is 0.311 e. The van der Waals surface area contributed by atoms with Gasteiger partial charge in [0.05, 0.1) is 17.8 Å². The van der Waals surface area contributed by atoms with Crippen LogP contribution in [-0.4, -0.2) is 28.4 Å². The number of hydrogen-bond acceptors (Lipinski definition) is 5. The second-order valence-corrected chi connectivity index (χ2v) is 9.98. The summed E-state index contributed by atoms with van der Waals surface area (Å²) in [7, 11) is 1.40. The molecule has 0 aromatic heterocycles. The third-order valence-corrected chi connectivity index (χ3v) is 8.01. The molecule has 4 fully saturated rings. The fraction of sp³-hybridized carbons (Fsp3) is 0.650. The lowest BCUT2D eigenvalue weighted by Crippen LogP contribution is -2.49. The van der Waals surface area contributed by atoms with Crippen molar-refractivity contribution in [1.82, 2.24) is 0 Å². The standard InChI is InChI=1S/C20H26N2O4S/c1-12-3-17(22(24)25)18(26-2)7-16(12)21-19(23)11-27-20-8-13-4-14(9-20)6-15(5-13)10-20/h3,7,13-15H,4-6,8-11H2,1-2H3,(H,21,23). The molecule has 1 aromatic carbocycles. The zero-order valence-electron chi connectivity index (χ0n) is 15.8. The number of thioether (sulfide) groups is 1. The van der Waals surface area contributed by atoms with E-state index in [0.29, 0.717) is 21.8 Å². The topological polar surface area (TPSA) is 81.5 Å². The number of anilines is 1. The number of hydrogen-bond donors (Lipinski definition) is 1. The molecule has 5 rings (SSSR count). The summed E-state index contributed by atoms with van der Waals surface area (Å²) >= 11 is 1.83. The summed E-state index contributed by atoms with van der Waals surface area (Å²) in [6.07, 6.45) is 7.99. The van der Waals surface area contributed by atoms with E-state index in [1.807, 2.05) is 11.8 Å². The third-order valence-electron chi connectivity index (χ3n) is 6.49. The molecule has 1 amide bonds. The quantitative estimate of drug-likeness (QED) is 0.569. The molecule has 0 radical (unpaired) electrons. The number of ether oxygens (including phenoxy) is 1. The Labute approximate surface area is 163 Å². The van der Waals surface area contributed by atoms with E-state index in [0.717, 1.165) is 17.8 Å². The molecular weight excluding hydrogens is 364 g/mol. The number of carbonyl (C=O) groups is 1. The van der Waals surface area contributed by atoms with Gasteiger partial charge in [-0.25, -0.2) is 0 Å². The van der Waals surface area contributed by atoms with Crippen LogP contribution in [0.4, 0.5) is 11.4 Å². The molecule has 0 aliphatic heterocycles. The van der Waals surface area contributed by atoms with Crippen LogP contribution in [0.5, 0.6) is 5.75 Å². The van der Waals surface area contributed by atoms with E-state index in [2.05, 4.69) is 5.32 Å². The lowest BCUT2D eigenvalue weighted by Gasteiger charge is -2.56. The van der Waals surface area contributed by atoms with Gasteiger partial charge in [0.15, 0.2) is 5.75 Å². The fourth-order valence-electron chi connectivity index (χ4n) is 5.73. The lowest BCUT2D eigenvalue weighted by molar-refractivity contribution is -0.385. The first-order chi connectivity index (χ1) is 12.9. The van der Waals surface area contributed by atoms with Crippen LogP contribution in [0.2, 0.25) is 0 Å². The molecular formula is C20H26N2O4S. The van der Waals surface area contributed by atoms with Crippen molar-refractivity contribution in [1.29, 1.82) is 0 Å². The average molecular weight is 391 g/mol. The first-order valence-electron chi connectivity index (χ1n) is 9.64. The molecule has 0 atom stereocenters. The maximum Gasteiger partial charge on any atom is 0.311 e. The van der Waals surface area contributed by atoms with E-state index in [-0.39, 0.29) is 17.3 Å². The van der Waals surface area contributed by atoms with Gasteiger partial charge in [-0.2, -0.15) is 0 Å². The Balaban J connectivity index is 1.41. The van der Waals surface area contributed by atoms with Crippen molar-refractivity contribution >= 4 is 29.0 Å². The normalized spacial score (nSPS) is 31.0. The maximum absolute atomic E-state index is 12.6. The second-order valence-electron chi connectivity index (χ2n) is 8.53. The number of nitro groups is 1. The molecule has 4 saturated carbocycles. The van der Waals surface area contributed by atoms with E-state index < -0.39 is 4.92 Å². The summed E-state index contributed by atoms with van der Waals surface area (Å²) in [5.41, 5.74) is 1.15. The van der Waals surface area contributed by atoms with Crippen LogP contribution in [-0.2, 0) is 4.79 Å². The van der Waals surface area contributed by atoms with Crippen LogP contribution in [0.15, 0.2) is 12.1 Å². The van der Waals surface area contributed by atoms with Crippen molar-refractivity contribution in [2.24, 2.45) is 17.8 Å². The minimum atomic E-state index is -0.472. The zero-order valence-corrected chi connectivity index (χ0v) is 16.6. The van der Waals surface area contributed by atoms with Gasteiger partial charge in [-0.1, -0.05) is 0 Å². The summed E-state index contributed by atoms with van der Waals surface area (Å²) in [6, 6.07) is 2.99. The van der Waals surface area contributed by atoms with Crippen molar-refractivity contribution < 1.29 is 14.5 Å². The SMILES string of the molecule is COc1cc(NC(=O)CSC23CC4CC(CC(C4)C2)C3)c(C)cc1[N+](=O)[O-]. The molecule has 1 aromatic rings. The lowest BCUT2D eigenvalue weighted by atomic mass is 9.56. The van der Waals surface area contributed by atoms with Crippen LogP contribution in [0.25, 0.3) is 0 Å². The molecule has 4 bridgehead atoms. The van der Waals surface area contributed by atoms with Crippen LogP contribution < -0.4 is 10.1 Å². The number of nitrogens with zero attached hydrogens (tertiary/aromatic N) is 1. The van der Waals surface area contributed by atoms with E-state index in [4.69, 9.17) is 4.74 Å². The van der Waals surface area contributed by atoms with Gasteiger partial charge in [0.25, 0.3) is 0 Å². The minimum absolute atomic E-state index is 0.0465. The molecule has 4 aliphatic rings. The number of carbonyl (C=O) groups excluding carboxylic acids is 1. The van der Waals surface area contributed by atoms with Crippen LogP contribution >= 0.6 is 11.8 Å². The maximum atomic E-state index is 12.6. The van der Waals surface area contributed by atoms with Crippen molar-refractivity contribution in [3.05, 3.63) is 27.8 Å². The summed E-state index contributed by atoms with van der Waals surface area (Å²) < 4.78 is 5.41. The molecule has 27 heavy (non-hydrogen) atoms. The summed E-state index contributed by atoms with van der Waals surface area (Å²) in [6.45, 7) is 1.76. The molecule has 7 heteroatoms. The van der Waals surface area contributed by atoms with Crippen molar-refractivity contribution in [3.8, 4) is 5.75 Å². The Kier molecular flexibility index (Phi) is 4.82. The Hall–Kier alpha value is -1.76.